The molecule has 4 aromatic rings. The summed E-state index contributed by atoms with van der Waals surface area (Å²) in [5, 5.41) is 0. The minimum Gasteiger partial charge on any atom is -0.493 e. The number of hydrogen-bond acceptors (Lipinski definition) is 8. The van der Waals surface area contributed by atoms with Gasteiger partial charge in [-0.1, -0.05) is 90.1 Å². The fourth-order valence-corrected chi connectivity index (χ4v) is 6.79. The van der Waals surface area contributed by atoms with E-state index in [0.29, 0.717) is 77.4 Å². The molecule has 2 heterocycles. The first-order valence-corrected chi connectivity index (χ1v) is 19.7. The van der Waals surface area contributed by atoms with Crippen LogP contribution < -0.4 is 18.9 Å². The molecule has 0 aliphatic carbocycles. The third-order valence-electron chi connectivity index (χ3n) is 9.94. The molecule has 8 heteroatoms. The molecule has 0 atom stereocenters. The van der Waals surface area contributed by atoms with Crippen molar-refractivity contribution in [3.63, 3.8) is 0 Å². The maximum absolute atomic E-state index is 6.20. The summed E-state index contributed by atoms with van der Waals surface area (Å²) in [5.41, 5.74) is 4.42. The first-order valence-electron chi connectivity index (χ1n) is 19.7. The molecule has 0 radical (unpaired) electrons. The van der Waals surface area contributed by atoms with Gasteiger partial charge >= 0.3 is 0 Å². The maximum Gasteiger partial charge on any atom is 0.200 e. The lowest BCUT2D eigenvalue weighted by Crippen LogP contribution is -2.44. The van der Waals surface area contributed by atoms with E-state index >= 15 is 0 Å². The molecule has 0 spiro atoms. The van der Waals surface area contributed by atoms with Crippen LogP contribution >= 0.6 is 0 Å². The molecule has 0 amide bonds. The summed E-state index contributed by atoms with van der Waals surface area (Å²) in [6.07, 6.45) is 2.82. The zero-order valence-electron chi connectivity index (χ0n) is 33.6. The molecule has 292 valence electrons. The smallest absolute Gasteiger partial charge is 0.200 e. The second kappa shape index (κ2) is 18.1. The van der Waals surface area contributed by atoms with Crippen molar-refractivity contribution in [1.29, 1.82) is 0 Å². The lowest BCUT2D eigenvalue weighted by atomic mass is 9.75. The van der Waals surface area contributed by atoms with Gasteiger partial charge in [0.15, 0.2) is 11.8 Å². The Morgan fingerprint density at radius 1 is 0.455 bits per heavy atom. The van der Waals surface area contributed by atoms with Gasteiger partial charge in [-0.25, -0.2) is 0 Å². The van der Waals surface area contributed by atoms with Crippen molar-refractivity contribution in [2.75, 3.05) is 52.7 Å². The van der Waals surface area contributed by atoms with Crippen LogP contribution in [-0.4, -0.2) is 64.5 Å². The monoisotopic (exact) mass is 746 g/mol. The van der Waals surface area contributed by atoms with Gasteiger partial charge in [-0.15, -0.1) is 0 Å². The van der Waals surface area contributed by atoms with E-state index in [0.717, 1.165) is 47.0 Å². The quantitative estimate of drug-likeness (QED) is 0.0944. The van der Waals surface area contributed by atoms with Gasteiger partial charge in [0.2, 0.25) is 0 Å². The highest BCUT2D eigenvalue weighted by atomic mass is 16.5. The number of benzene rings is 4. The predicted molar refractivity (Wildman–Crippen MR) is 221 cm³/mol. The number of rotatable bonds is 18. The normalized spacial score (nSPS) is 14.4. The van der Waals surface area contributed by atoms with Crippen LogP contribution in [0.2, 0.25) is 0 Å². The molecule has 0 fully saturated rings. The fourth-order valence-electron chi connectivity index (χ4n) is 6.79. The third-order valence-corrected chi connectivity index (χ3v) is 9.94. The van der Waals surface area contributed by atoms with Crippen molar-refractivity contribution in [2.24, 2.45) is 15.4 Å². The van der Waals surface area contributed by atoms with E-state index in [1.54, 1.807) is 0 Å². The van der Waals surface area contributed by atoms with E-state index in [1.165, 1.54) is 11.1 Å². The topological polar surface area (TPSA) is 80.1 Å². The summed E-state index contributed by atoms with van der Waals surface area (Å²) in [6, 6.07) is 33.3. The average Bonchev–Trinajstić information content (AvgIpc) is 3.92. The van der Waals surface area contributed by atoms with Gasteiger partial charge in [0.05, 0.1) is 39.5 Å². The summed E-state index contributed by atoms with van der Waals surface area (Å²) < 4.78 is 36.5. The third kappa shape index (κ3) is 11.1. The van der Waals surface area contributed by atoms with Crippen LogP contribution in [-0.2, 0) is 33.1 Å². The van der Waals surface area contributed by atoms with Gasteiger partial charge in [-0.2, -0.15) is 0 Å². The highest BCUT2D eigenvalue weighted by Gasteiger charge is 2.47. The van der Waals surface area contributed by atoms with E-state index < -0.39 is 5.41 Å². The summed E-state index contributed by atoms with van der Waals surface area (Å²) in [5.74, 6) is 4.79. The van der Waals surface area contributed by atoms with Crippen molar-refractivity contribution < 1.29 is 28.4 Å². The Kier molecular flexibility index (Phi) is 13.1. The van der Waals surface area contributed by atoms with Gasteiger partial charge in [-0.3, -0.25) is 9.98 Å². The van der Waals surface area contributed by atoms with Gasteiger partial charge in [0.25, 0.3) is 0 Å². The van der Waals surface area contributed by atoms with Crippen LogP contribution in [0.25, 0.3) is 0 Å². The van der Waals surface area contributed by atoms with Gasteiger partial charge in [-0.05, 0) is 94.5 Å². The Bertz CT molecular complexity index is 1710. The number of hydrogen-bond donors (Lipinski definition) is 0. The summed E-state index contributed by atoms with van der Waals surface area (Å²) in [4.78, 5) is 9.66. The molecule has 0 bridgehead atoms. The average molecular weight is 747 g/mol. The molecule has 0 aromatic heterocycles. The lowest BCUT2D eigenvalue weighted by molar-refractivity contribution is 0.247. The Hall–Kier alpha value is -4.98. The highest BCUT2D eigenvalue weighted by molar-refractivity contribution is 6.06. The number of aliphatic imine (C=N–C) groups is 2. The number of nitrogens with zero attached hydrogens (tertiary/aromatic N) is 2. The van der Waals surface area contributed by atoms with Crippen LogP contribution in [0.15, 0.2) is 107 Å². The zero-order chi connectivity index (χ0) is 38.7. The first kappa shape index (κ1) is 39.7. The van der Waals surface area contributed by atoms with Crippen molar-refractivity contribution in [2.45, 2.75) is 78.1 Å². The van der Waals surface area contributed by atoms with Crippen molar-refractivity contribution >= 4 is 11.8 Å². The Morgan fingerprint density at radius 2 is 0.764 bits per heavy atom. The van der Waals surface area contributed by atoms with Crippen molar-refractivity contribution in [1.82, 2.24) is 0 Å². The van der Waals surface area contributed by atoms with Crippen molar-refractivity contribution in [3.05, 3.63) is 119 Å². The number of ether oxygens (including phenoxy) is 6. The van der Waals surface area contributed by atoms with Crippen LogP contribution in [0.1, 0.15) is 76.6 Å². The molecule has 4 aromatic carbocycles. The first-order chi connectivity index (χ1) is 26.5. The summed E-state index contributed by atoms with van der Waals surface area (Å²) >= 11 is 0. The molecule has 6 rings (SSSR count). The second-order valence-electron chi connectivity index (χ2n) is 16.4. The standard InChI is InChI=1S/C47H58N2O6/c1-45(2,3)37-13-21-41(22-14-37)52-29-7-27-50-39-17-9-35(10-18-39)33-47(43-48-25-31-54-43,44-49-26-32-55-44)34-36-11-19-40(20-12-36)51-28-8-30-53-42-23-15-38(16-24-42)46(4,5)6/h9-24H,7-8,25-34H2,1-6H3. The van der Waals surface area contributed by atoms with Gasteiger partial charge in [0, 0.05) is 12.8 Å². The van der Waals surface area contributed by atoms with Crippen molar-refractivity contribution in [3.8, 4) is 23.0 Å². The Morgan fingerprint density at radius 3 is 1.04 bits per heavy atom. The molecule has 8 nitrogen and oxygen atoms in total. The second-order valence-corrected chi connectivity index (χ2v) is 16.4. The van der Waals surface area contributed by atoms with E-state index in [4.69, 9.17) is 38.4 Å². The zero-order valence-corrected chi connectivity index (χ0v) is 33.6. The van der Waals surface area contributed by atoms with Gasteiger partial charge in [0.1, 0.15) is 41.6 Å². The Labute approximate surface area is 327 Å². The van der Waals surface area contributed by atoms with Crippen LogP contribution in [0.4, 0.5) is 0 Å². The minimum absolute atomic E-state index is 0.126. The molecule has 0 saturated carbocycles. The molecule has 0 N–H and O–H groups in total. The van der Waals surface area contributed by atoms with E-state index in [9.17, 15) is 0 Å². The maximum atomic E-state index is 6.20. The van der Waals surface area contributed by atoms with E-state index in [2.05, 4.69) is 90.1 Å². The molecular formula is C47H58N2O6. The van der Waals surface area contributed by atoms with Gasteiger partial charge < -0.3 is 28.4 Å². The summed E-state index contributed by atoms with van der Waals surface area (Å²) in [6.45, 7) is 18.0. The Balaban J connectivity index is 1.02. The SMILES string of the molecule is CC(C)(C)c1ccc(OCCCOc2ccc(CC(Cc3ccc(OCCCOc4ccc(C(C)(C)C)cc4)cc3)(C3=NCCO3)C3=NCCO3)cc2)cc1. The molecule has 0 unspecified atom stereocenters. The molecule has 2 aliphatic heterocycles. The summed E-state index contributed by atoms with van der Waals surface area (Å²) in [7, 11) is 0. The minimum atomic E-state index is -0.664. The van der Waals surface area contributed by atoms with E-state index in [-0.39, 0.29) is 10.8 Å². The molecular weight excluding hydrogens is 689 g/mol. The van der Waals surface area contributed by atoms with Crippen LogP contribution in [0.5, 0.6) is 23.0 Å². The van der Waals surface area contributed by atoms with E-state index in [1.807, 2.05) is 48.5 Å². The molecule has 0 saturated heterocycles. The lowest BCUT2D eigenvalue weighted by Gasteiger charge is -2.32. The predicted octanol–water partition coefficient (Wildman–Crippen LogP) is 9.61. The highest BCUT2D eigenvalue weighted by Crippen LogP contribution is 2.37. The van der Waals surface area contributed by atoms with Crippen LogP contribution in [0.3, 0.4) is 0 Å². The fraction of sp³-hybridized carbons (Fsp3) is 0.447. The van der Waals surface area contributed by atoms with Crippen LogP contribution in [0, 0.1) is 5.41 Å². The molecule has 55 heavy (non-hydrogen) atoms. The largest absolute Gasteiger partial charge is 0.493 e. The molecule has 2 aliphatic rings.